The molecule has 0 atom stereocenters. The van der Waals surface area contributed by atoms with Gasteiger partial charge in [-0.1, -0.05) is 0 Å². The Balaban J connectivity index is 2.10. The summed E-state index contributed by atoms with van der Waals surface area (Å²) in [5.74, 6) is -0.0540. The summed E-state index contributed by atoms with van der Waals surface area (Å²) in [5.41, 5.74) is 10.5. The average Bonchev–Trinajstić information content (AvgIpc) is 2.42. The van der Waals surface area contributed by atoms with Crippen LogP contribution in [-0.4, -0.2) is 26.2 Å². The molecule has 0 saturated carbocycles. The molecule has 0 bridgehead atoms. The number of nitrogen functional groups attached to an aromatic ring is 1. The highest BCUT2D eigenvalue weighted by atomic mass is 16.5. The van der Waals surface area contributed by atoms with Crippen molar-refractivity contribution in [3.05, 3.63) is 23.3 Å². The first kappa shape index (κ1) is 13.7. The highest BCUT2D eigenvalue weighted by Gasteiger charge is 2.26. The fourth-order valence-electron chi connectivity index (χ4n) is 2.62. The molecule has 104 valence electrons. The summed E-state index contributed by atoms with van der Waals surface area (Å²) in [6, 6.07) is 4.17. The van der Waals surface area contributed by atoms with Gasteiger partial charge in [-0.2, -0.15) is 0 Å². The van der Waals surface area contributed by atoms with Crippen LogP contribution in [0.3, 0.4) is 0 Å². The van der Waals surface area contributed by atoms with Crippen LogP contribution >= 0.6 is 0 Å². The van der Waals surface area contributed by atoms with Crippen molar-refractivity contribution in [1.29, 1.82) is 0 Å². The number of anilines is 2. The molecule has 19 heavy (non-hydrogen) atoms. The molecule has 1 aromatic carbocycles. The normalized spacial score (nSPS) is 16.5. The van der Waals surface area contributed by atoms with E-state index < -0.39 is 0 Å². The van der Waals surface area contributed by atoms with Gasteiger partial charge < -0.3 is 15.4 Å². The molecule has 2 rings (SSSR count). The van der Waals surface area contributed by atoms with E-state index in [1.165, 1.54) is 18.2 Å². The molecular formula is C15H22N2O2. The molecule has 1 saturated heterocycles. The van der Waals surface area contributed by atoms with Crippen LogP contribution in [0.2, 0.25) is 0 Å². The minimum Gasteiger partial charge on any atom is -0.469 e. The molecule has 1 fully saturated rings. The maximum absolute atomic E-state index is 11.5. The monoisotopic (exact) mass is 262 g/mol. The second-order valence-corrected chi connectivity index (χ2v) is 5.28. The SMILES string of the molecule is COC(=O)C1CCN(c2cc(C)c(C)cc2N)CC1. The molecule has 4 nitrogen and oxygen atoms in total. The minimum atomic E-state index is -0.0901. The Labute approximate surface area is 114 Å². The number of methoxy groups -OCH3 is 1. The van der Waals surface area contributed by atoms with E-state index in [0.717, 1.165) is 37.3 Å². The van der Waals surface area contributed by atoms with Gasteiger partial charge in [0.05, 0.1) is 24.4 Å². The highest BCUT2D eigenvalue weighted by Crippen LogP contribution is 2.30. The van der Waals surface area contributed by atoms with Crippen molar-refractivity contribution in [2.45, 2.75) is 26.7 Å². The number of nitrogens with two attached hydrogens (primary N) is 1. The standard InChI is InChI=1S/C15H22N2O2/c1-10-8-13(16)14(9-11(10)2)17-6-4-12(5-7-17)15(18)19-3/h8-9,12H,4-7,16H2,1-3H3. The van der Waals surface area contributed by atoms with Crippen molar-refractivity contribution in [2.75, 3.05) is 30.8 Å². The molecule has 0 aromatic heterocycles. The van der Waals surface area contributed by atoms with Crippen LogP contribution in [0, 0.1) is 19.8 Å². The number of esters is 1. The van der Waals surface area contributed by atoms with E-state index >= 15 is 0 Å². The summed E-state index contributed by atoms with van der Waals surface area (Å²) in [7, 11) is 1.45. The maximum atomic E-state index is 11.5. The molecule has 1 heterocycles. The number of hydrogen-bond acceptors (Lipinski definition) is 4. The van der Waals surface area contributed by atoms with Crippen molar-refractivity contribution in [3.8, 4) is 0 Å². The second-order valence-electron chi connectivity index (χ2n) is 5.28. The minimum absolute atomic E-state index is 0.0361. The molecule has 4 heteroatoms. The molecule has 0 spiro atoms. The van der Waals surface area contributed by atoms with Gasteiger partial charge in [0.25, 0.3) is 0 Å². The Hall–Kier alpha value is -1.71. The van der Waals surface area contributed by atoms with Gasteiger partial charge in [0.2, 0.25) is 0 Å². The fraction of sp³-hybridized carbons (Fsp3) is 0.533. The zero-order valence-electron chi connectivity index (χ0n) is 11.9. The summed E-state index contributed by atoms with van der Waals surface area (Å²) >= 11 is 0. The van der Waals surface area contributed by atoms with Gasteiger partial charge in [0.15, 0.2) is 0 Å². The smallest absolute Gasteiger partial charge is 0.308 e. The maximum Gasteiger partial charge on any atom is 0.308 e. The molecule has 2 N–H and O–H groups in total. The second kappa shape index (κ2) is 5.51. The molecule has 1 aliphatic heterocycles. The predicted molar refractivity (Wildman–Crippen MR) is 77.3 cm³/mol. The average molecular weight is 262 g/mol. The van der Waals surface area contributed by atoms with E-state index in [-0.39, 0.29) is 11.9 Å². The lowest BCUT2D eigenvalue weighted by Gasteiger charge is -2.33. The molecule has 1 aromatic rings. The number of carbonyl (C=O) groups is 1. The van der Waals surface area contributed by atoms with Gasteiger partial charge in [0.1, 0.15) is 0 Å². The van der Waals surface area contributed by atoms with Crippen LogP contribution in [0.15, 0.2) is 12.1 Å². The molecule has 0 amide bonds. The first-order valence-electron chi connectivity index (χ1n) is 6.72. The Morgan fingerprint density at radius 2 is 1.84 bits per heavy atom. The quantitative estimate of drug-likeness (QED) is 0.656. The molecular weight excluding hydrogens is 240 g/mol. The van der Waals surface area contributed by atoms with Crippen LogP contribution < -0.4 is 10.6 Å². The highest BCUT2D eigenvalue weighted by molar-refractivity contribution is 5.74. The topological polar surface area (TPSA) is 55.6 Å². The Kier molecular flexibility index (Phi) is 3.98. The largest absolute Gasteiger partial charge is 0.469 e. The number of rotatable bonds is 2. The summed E-state index contributed by atoms with van der Waals surface area (Å²) in [6.45, 7) is 5.87. The molecule has 0 aliphatic carbocycles. The lowest BCUT2D eigenvalue weighted by molar-refractivity contribution is -0.146. The van der Waals surface area contributed by atoms with Crippen molar-refractivity contribution in [1.82, 2.24) is 0 Å². The van der Waals surface area contributed by atoms with Gasteiger partial charge in [-0.25, -0.2) is 0 Å². The third kappa shape index (κ3) is 2.83. The summed E-state index contributed by atoms with van der Waals surface area (Å²) in [5, 5.41) is 0. The molecule has 0 unspecified atom stereocenters. The predicted octanol–water partition coefficient (Wildman–Crippen LogP) is 2.28. The number of ether oxygens (including phenoxy) is 1. The Bertz CT molecular complexity index is 477. The van der Waals surface area contributed by atoms with E-state index in [4.69, 9.17) is 10.5 Å². The lowest BCUT2D eigenvalue weighted by Crippen LogP contribution is -2.37. The van der Waals surface area contributed by atoms with E-state index in [0.29, 0.717) is 0 Å². The summed E-state index contributed by atoms with van der Waals surface area (Å²) in [6.07, 6.45) is 1.66. The summed E-state index contributed by atoms with van der Waals surface area (Å²) < 4.78 is 4.81. The van der Waals surface area contributed by atoms with Gasteiger partial charge in [-0.3, -0.25) is 4.79 Å². The lowest BCUT2D eigenvalue weighted by atomic mass is 9.96. The van der Waals surface area contributed by atoms with Crippen molar-refractivity contribution in [3.63, 3.8) is 0 Å². The van der Waals surface area contributed by atoms with E-state index in [2.05, 4.69) is 24.8 Å². The van der Waals surface area contributed by atoms with E-state index in [9.17, 15) is 4.79 Å². The van der Waals surface area contributed by atoms with Crippen molar-refractivity contribution >= 4 is 17.3 Å². The van der Waals surface area contributed by atoms with Crippen LogP contribution in [0.5, 0.6) is 0 Å². The van der Waals surface area contributed by atoms with E-state index in [1.54, 1.807) is 0 Å². The third-order valence-electron chi connectivity index (χ3n) is 4.01. The number of hydrogen-bond donors (Lipinski definition) is 1. The van der Waals surface area contributed by atoms with Crippen molar-refractivity contribution < 1.29 is 9.53 Å². The van der Waals surface area contributed by atoms with Crippen LogP contribution in [0.25, 0.3) is 0 Å². The number of aryl methyl sites for hydroxylation is 2. The number of benzene rings is 1. The number of nitrogens with zero attached hydrogens (tertiary/aromatic N) is 1. The van der Waals surface area contributed by atoms with Gasteiger partial charge in [-0.15, -0.1) is 0 Å². The van der Waals surface area contributed by atoms with Gasteiger partial charge in [0, 0.05) is 13.1 Å². The first-order chi connectivity index (χ1) is 9.02. The Morgan fingerprint density at radius 1 is 1.26 bits per heavy atom. The fourth-order valence-corrected chi connectivity index (χ4v) is 2.62. The number of piperidine rings is 1. The van der Waals surface area contributed by atoms with Crippen molar-refractivity contribution in [2.24, 2.45) is 5.92 Å². The van der Waals surface area contributed by atoms with Crippen LogP contribution in [-0.2, 0) is 9.53 Å². The summed E-state index contributed by atoms with van der Waals surface area (Å²) in [4.78, 5) is 13.8. The van der Waals surface area contributed by atoms with Gasteiger partial charge in [-0.05, 0) is 49.9 Å². The molecule has 1 aliphatic rings. The van der Waals surface area contributed by atoms with Crippen LogP contribution in [0.4, 0.5) is 11.4 Å². The third-order valence-corrected chi connectivity index (χ3v) is 4.01. The first-order valence-corrected chi connectivity index (χ1v) is 6.72. The van der Waals surface area contributed by atoms with E-state index in [1.807, 2.05) is 6.07 Å². The van der Waals surface area contributed by atoms with Crippen LogP contribution in [0.1, 0.15) is 24.0 Å². The zero-order valence-corrected chi connectivity index (χ0v) is 11.9. The van der Waals surface area contributed by atoms with Gasteiger partial charge >= 0.3 is 5.97 Å². The zero-order chi connectivity index (χ0) is 14.0. The molecule has 0 radical (unpaired) electrons. The Morgan fingerprint density at radius 3 is 2.42 bits per heavy atom. The number of carbonyl (C=O) groups excluding carboxylic acids is 1.